The molecule has 1 aromatic rings. The van der Waals surface area contributed by atoms with Crippen molar-refractivity contribution in [3.05, 3.63) is 15.8 Å². The Labute approximate surface area is 77.4 Å². The van der Waals surface area contributed by atoms with Crippen LogP contribution < -0.4 is 5.01 Å². The predicted octanol–water partition coefficient (Wildman–Crippen LogP) is 1.90. The van der Waals surface area contributed by atoms with E-state index in [1.807, 2.05) is 11.3 Å². The Kier molecular flexibility index (Phi) is 1.85. The molecule has 3 heteroatoms. The molecule has 0 atom stereocenters. The van der Waals surface area contributed by atoms with Crippen molar-refractivity contribution in [1.82, 2.24) is 5.01 Å². The van der Waals surface area contributed by atoms with Crippen LogP contribution in [0.15, 0.2) is 5.38 Å². The maximum absolute atomic E-state index is 2.27. The van der Waals surface area contributed by atoms with Gasteiger partial charge in [-0.05, 0) is 24.3 Å². The standard InChI is InChI=1S/C9H14N2S/c1-7-6-12-8-4-5-10(2)11(3)9(7)8/h6H,4-5H2,1-3H3. The van der Waals surface area contributed by atoms with Crippen molar-refractivity contribution >= 4 is 17.0 Å². The van der Waals surface area contributed by atoms with Crippen molar-refractivity contribution in [3.8, 4) is 0 Å². The van der Waals surface area contributed by atoms with Gasteiger partial charge in [0.15, 0.2) is 0 Å². The zero-order chi connectivity index (χ0) is 8.72. The summed E-state index contributed by atoms with van der Waals surface area (Å²) in [4.78, 5) is 1.54. The molecule has 66 valence electrons. The SMILES string of the molecule is Cc1csc2c1N(C)N(C)CC2. The van der Waals surface area contributed by atoms with Gasteiger partial charge in [0.05, 0.1) is 5.69 Å². The molecule has 0 radical (unpaired) electrons. The number of nitrogens with zero attached hydrogens (tertiary/aromatic N) is 2. The van der Waals surface area contributed by atoms with Crippen molar-refractivity contribution in [1.29, 1.82) is 0 Å². The lowest BCUT2D eigenvalue weighted by atomic mass is 10.2. The predicted molar refractivity (Wildman–Crippen MR) is 53.8 cm³/mol. The van der Waals surface area contributed by atoms with Crippen LogP contribution in [0.2, 0.25) is 0 Å². The van der Waals surface area contributed by atoms with Crippen LogP contribution >= 0.6 is 11.3 Å². The first-order valence-electron chi connectivity index (χ1n) is 4.22. The number of anilines is 1. The summed E-state index contributed by atoms with van der Waals surface area (Å²) in [6.45, 7) is 3.33. The molecule has 0 spiro atoms. The number of rotatable bonds is 0. The largest absolute Gasteiger partial charge is 0.308 e. The van der Waals surface area contributed by atoms with Crippen LogP contribution in [0.1, 0.15) is 10.4 Å². The fourth-order valence-corrected chi connectivity index (χ4v) is 2.73. The number of fused-ring (bicyclic) bond motifs is 1. The summed E-state index contributed by atoms with van der Waals surface area (Å²) in [7, 11) is 4.28. The van der Waals surface area contributed by atoms with Crippen LogP contribution in [0.3, 0.4) is 0 Å². The molecule has 0 saturated heterocycles. The fourth-order valence-electron chi connectivity index (χ4n) is 1.69. The number of aryl methyl sites for hydroxylation is 1. The average Bonchev–Trinajstić information content (AvgIpc) is 2.41. The minimum atomic E-state index is 1.14. The Hall–Kier alpha value is -0.540. The van der Waals surface area contributed by atoms with E-state index in [0.29, 0.717) is 0 Å². The van der Waals surface area contributed by atoms with E-state index in [4.69, 9.17) is 0 Å². The summed E-state index contributed by atoms with van der Waals surface area (Å²) < 4.78 is 0. The quantitative estimate of drug-likeness (QED) is 0.604. The molecule has 0 amide bonds. The second kappa shape index (κ2) is 2.75. The molecule has 0 N–H and O–H groups in total. The summed E-state index contributed by atoms with van der Waals surface area (Å²) in [5.74, 6) is 0. The van der Waals surface area contributed by atoms with Crippen LogP contribution in [0.4, 0.5) is 5.69 Å². The third-order valence-electron chi connectivity index (χ3n) is 2.51. The molecular weight excluding hydrogens is 168 g/mol. The molecule has 2 nitrogen and oxygen atoms in total. The second-order valence-corrected chi connectivity index (χ2v) is 4.31. The van der Waals surface area contributed by atoms with Gasteiger partial charge in [-0.3, -0.25) is 0 Å². The molecule has 0 unspecified atom stereocenters. The zero-order valence-electron chi connectivity index (χ0n) is 7.79. The number of hydrogen-bond acceptors (Lipinski definition) is 3. The van der Waals surface area contributed by atoms with Crippen molar-refractivity contribution in [3.63, 3.8) is 0 Å². The van der Waals surface area contributed by atoms with Gasteiger partial charge in [0.25, 0.3) is 0 Å². The van der Waals surface area contributed by atoms with E-state index in [2.05, 4.69) is 36.4 Å². The van der Waals surface area contributed by atoms with E-state index in [-0.39, 0.29) is 0 Å². The highest BCUT2D eigenvalue weighted by molar-refractivity contribution is 7.10. The van der Waals surface area contributed by atoms with Crippen molar-refractivity contribution in [2.45, 2.75) is 13.3 Å². The van der Waals surface area contributed by atoms with Gasteiger partial charge < -0.3 is 5.01 Å². The summed E-state index contributed by atoms with van der Waals surface area (Å²) in [6, 6.07) is 0. The smallest absolute Gasteiger partial charge is 0.0687 e. The Morgan fingerprint density at radius 3 is 2.92 bits per heavy atom. The van der Waals surface area contributed by atoms with E-state index in [0.717, 1.165) is 6.54 Å². The maximum Gasteiger partial charge on any atom is 0.0687 e. The van der Waals surface area contributed by atoms with Gasteiger partial charge in [0.2, 0.25) is 0 Å². The number of hydrazine groups is 1. The van der Waals surface area contributed by atoms with Crippen molar-refractivity contribution < 1.29 is 0 Å². The highest BCUT2D eigenvalue weighted by Gasteiger charge is 2.20. The molecule has 1 aliphatic rings. The number of thiophene rings is 1. The third kappa shape index (κ3) is 1.04. The van der Waals surface area contributed by atoms with Gasteiger partial charge in [-0.25, -0.2) is 5.01 Å². The maximum atomic E-state index is 2.27. The Morgan fingerprint density at radius 2 is 2.17 bits per heavy atom. The summed E-state index contributed by atoms with van der Waals surface area (Å²) in [5.41, 5.74) is 2.83. The van der Waals surface area contributed by atoms with E-state index < -0.39 is 0 Å². The van der Waals surface area contributed by atoms with Crippen molar-refractivity contribution in [2.24, 2.45) is 0 Å². The van der Waals surface area contributed by atoms with E-state index >= 15 is 0 Å². The zero-order valence-corrected chi connectivity index (χ0v) is 8.61. The molecule has 0 aromatic carbocycles. The topological polar surface area (TPSA) is 6.48 Å². The molecule has 1 aromatic heterocycles. The normalized spacial score (nSPS) is 18.1. The molecule has 12 heavy (non-hydrogen) atoms. The summed E-state index contributed by atoms with van der Waals surface area (Å²) >= 11 is 1.89. The van der Waals surface area contributed by atoms with Crippen molar-refractivity contribution in [2.75, 3.05) is 25.6 Å². The Balaban J connectivity index is 2.45. The molecule has 0 aliphatic carbocycles. The first-order valence-corrected chi connectivity index (χ1v) is 5.10. The van der Waals surface area contributed by atoms with Crippen LogP contribution in [0.25, 0.3) is 0 Å². The van der Waals surface area contributed by atoms with Gasteiger partial charge in [0.1, 0.15) is 0 Å². The lowest BCUT2D eigenvalue weighted by molar-refractivity contribution is 0.315. The van der Waals surface area contributed by atoms with E-state index in [9.17, 15) is 0 Å². The molecule has 0 bridgehead atoms. The lowest BCUT2D eigenvalue weighted by Crippen LogP contribution is -2.41. The summed E-state index contributed by atoms with van der Waals surface area (Å²) in [6.07, 6.45) is 1.20. The first kappa shape index (κ1) is 8.08. The highest BCUT2D eigenvalue weighted by atomic mass is 32.1. The molecule has 0 saturated carbocycles. The van der Waals surface area contributed by atoms with Gasteiger partial charge in [-0.2, -0.15) is 0 Å². The monoisotopic (exact) mass is 182 g/mol. The Morgan fingerprint density at radius 1 is 1.42 bits per heavy atom. The lowest BCUT2D eigenvalue weighted by Gasteiger charge is -2.35. The molecular formula is C9H14N2S. The molecule has 1 aliphatic heterocycles. The highest BCUT2D eigenvalue weighted by Crippen LogP contribution is 2.34. The summed E-state index contributed by atoms with van der Waals surface area (Å²) in [5, 5.41) is 6.77. The van der Waals surface area contributed by atoms with Gasteiger partial charge in [-0.1, -0.05) is 0 Å². The average molecular weight is 182 g/mol. The van der Waals surface area contributed by atoms with Gasteiger partial charge in [0, 0.05) is 25.5 Å². The molecule has 0 fully saturated rings. The first-order chi connectivity index (χ1) is 5.70. The van der Waals surface area contributed by atoms with Crippen LogP contribution in [-0.2, 0) is 6.42 Å². The minimum absolute atomic E-state index is 1.14. The number of likely N-dealkylation sites (N-methyl/N-ethyl adjacent to an activating group) is 1. The number of hydrogen-bond donors (Lipinski definition) is 0. The third-order valence-corrected chi connectivity index (χ3v) is 3.67. The van der Waals surface area contributed by atoms with Gasteiger partial charge >= 0.3 is 0 Å². The van der Waals surface area contributed by atoms with Crippen LogP contribution in [0, 0.1) is 6.92 Å². The molecule has 2 rings (SSSR count). The fraction of sp³-hybridized carbons (Fsp3) is 0.556. The van der Waals surface area contributed by atoms with E-state index in [1.165, 1.54) is 22.5 Å². The molecule has 2 heterocycles. The Bertz CT molecular complexity index is 293. The second-order valence-electron chi connectivity index (χ2n) is 3.35. The van der Waals surface area contributed by atoms with Gasteiger partial charge in [-0.15, -0.1) is 11.3 Å². The van der Waals surface area contributed by atoms with Crippen LogP contribution in [0.5, 0.6) is 0 Å². The van der Waals surface area contributed by atoms with Crippen LogP contribution in [-0.4, -0.2) is 25.6 Å². The van der Waals surface area contributed by atoms with E-state index in [1.54, 1.807) is 0 Å². The minimum Gasteiger partial charge on any atom is -0.308 e.